The third-order valence-corrected chi connectivity index (χ3v) is 4.44. The lowest BCUT2D eigenvalue weighted by atomic mass is 10.1. The Bertz CT molecular complexity index is 1140. The van der Waals surface area contributed by atoms with Gasteiger partial charge in [-0.25, -0.2) is 9.37 Å². The van der Waals surface area contributed by atoms with E-state index >= 15 is 0 Å². The number of benzene rings is 2. The molecule has 4 rings (SSSR count). The van der Waals surface area contributed by atoms with Crippen molar-refractivity contribution in [1.29, 1.82) is 0 Å². The van der Waals surface area contributed by atoms with Gasteiger partial charge in [-0.1, -0.05) is 12.1 Å². The third kappa shape index (κ3) is 3.64. The predicted octanol–water partition coefficient (Wildman–Crippen LogP) is 4.16. The molecule has 0 spiro atoms. The van der Waals surface area contributed by atoms with E-state index in [2.05, 4.69) is 20.6 Å². The molecule has 7 heteroatoms. The van der Waals surface area contributed by atoms with Crippen LogP contribution in [0.5, 0.6) is 0 Å². The van der Waals surface area contributed by atoms with Crippen molar-refractivity contribution in [3.8, 4) is 0 Å². The summed E-state index contributed by atoms with van der Waals surface area (Å²) in [6.07, 6.45) is 3.31. The van der Waals surface area contributed by atoms with Crippen molar-refractivity contribution < 1.29 is 9.18 Å². The second-order valence-corrected chi connectivity index (χ2v) is 6.32. The molecular formula is C21H18FN5O. The fourth-order valence-corrected chi connectivity index (χ4v) is 3.04. The lowest BCUT2D eigenvalue weighted by Gasteiger charge is -2.13. The monoisotopic (exact) mass is 375 g/mol. The van der Waals surface area contributed by atoms with E-state index in [1.54, 1.807) is 18.2 Å². The average molecular weight is 375 g/mol. The molecule has 6 nitrogen and oxygen atoms in total. The number of carbonyl (C=O) groups excluding carboxylic acids is 1. The van der Waals surface area contributed by atoms with Crippen molar-refractivity contribution in [2.24, 2.45) is 5.73 Å². The normalized spacial score (nSPS) is 10.8. The Morgan fingerprint density at radius 1 is 1.14 bits per heavy atom. The topological polar surface area (TPSA) is 95.8 Å². The molecule has 0 aliphatic heterocycles. The molecule has 0 saturated heterocycles. The lowest BCUT2D eigenvalue weighted by Crippen LogP contribution is -2.15. The van der Waals surface area contributed by atoms with Crippen LogP contribution in [0.1, 0.15) is 15.9 Å². The molecule has 0 bridgehead atoms. The Hall–Kier alpha value is -3.87. The van der Waals surface area contributed by atoms with Crippen LogP contribution in [0.4, 0.5) is 21.6 Å². The maximum Gasteiger partial charge on any atom is 0.252 e. The first-order valence-corrected chi connectivity index (χ1v) is 8.71. The number of aromatic nitrogens is 2. The SMILES string of the molecule is NC(=O)c1cnc(Nc2ccc(F)cc2)cc1NCc1cccc2[nH]ccc12. The van der Waals surface area contributed by atoms with Crippen LogP contribution in [0, 0.1) is 5.82 Å². The van der Waals surface area contributed by atoms with E-state index in [0.717, 1.165) is 16.5 Å². The first-order valence-electron chi connectivity index (χ1n) is 8.71. The van der Waals surface area contributed by atoms with Crippen molar-refractivity contribution in [2.75, 3.05) is 10.6 Å². The van der Waals surface area contributed by atoms with Gasteiger partial charge in [-0.15, -0.1) is 0 Å². The number of primary amides is 1. The minimum absolute atomic E-state index is 0.297. The van der Waals surface area contributed by atoms with Gasteiger partial charge in [0.25, 0.3) is 5.91 Å². The molecule has 2 aromatic carbocycles. The molecule has 0 unspecified atom stereocenters. The number of hydrogen-bond donors (Lipinski definition) is 4. The standard InChI is InChI=1S/C21H18FN5O/c22-14-4-6-15(7-5-14)27-20-10-19(17(12-26-20)21(23)28)25-11-13-2-1-3-18-16(13)8-9-24-18/h1-10,12,24H,11H2,(H2,23,28)(H2,25,26,27). The summed E-state index contributed by atoms with van der Waals surface area (Å²) in [7, 11) is 0. The molecule has 0 saturated carbocycles. The van der Waals surface area contributed by atoms with E-state index in [1.165, 1.54) is 18.3 Å². The van der Waals surface area contributed by atoms with E-state index in [4.69, 9.17) is 5.73 Å². The van der Waals surface area contributed by atoms with Crippen LogP contribution in [-0.4, -0.2) is 15.9 Å². The van der Waals surface area contributed by atoms with Gasteiger partial charge in [0.1, 0.15) is 11.6 Å². The average Bonchev–Trinajstić information content (AvgIpc) is 3.17. The highest BCUT2D eigenvalue weighted by Crippen LogP contribution is 2.24. The Balaban J connectivity index is 1.59. The van der Waals surface area contributed by atoms with Crippen molar-refractivity contribution in [1.82, 2.24) is 9.97 Å². The summed E-state index contributed by atoms with van der Waals surface area (Å²) >= 11 is 0. The maximum absolute atomic E-state index is 13.1. The first-order chi connectivity index (χ1) is 13.6. The Labute approximate surface area is 160 Å². The number of carbonyl (C=O) groups is 1. The van der Waals surface area contributed by atoms with Crippen LogP contribution < -0.4 is 16.4 Å². The van der Waals surface area contributed by atoms with Crippen molar-refractivity contribution in [3.63, 3.8) is 0 Å². The number of anilines is 3. The van der Waals surface area contributed by atoms with Crippen molar-refractivity contribution >= 4 is 34.0 Å². The molecule has 0 fully saturated rings. The van der Waals surface area contributed by atoms with Crippen LogP contribution in [0.15, 0.2) is 67.0 Å². The number of hydrogen-bond acceptors (Lipinski definition) is 4. The second-order valence-electron chi connectivity index (χ2n) is 6.32. The quantitative estimate of drug-likeness (QED) is 0.407. The van der Waals surface area contributed by atoms with E-state index in [1.807, 2.05) is 30.5 Å². The molecular weight excluding hydrogens is 357 g/mol. The second kappa shape index (κ2) is 7.40. The minimum Gasteiger partial charge on any atom is -0.380 e. The first kappa shape index (κ1) is 17.5. The molecule has 1 amide bonds. The van der Waals surface area contributed by atoms with Gasteiger partial charge in [0.15, 0.2) is 0 Å². The van der Waals surface area contributed by atoms with E-state index in [-0.39, 0.29) is 5.82 Å². The molecule has 0 aliphatic rings. The molecule has 2 aromatic heterocycles. The lowest BCUT2D eigenvalue weighted by molar-refractivity contribution is 0.100. The van der Waals surface area contributed by atoms with Crippen LogP contribution in [0.2, 0.25) is 0 Å². The molecule has 28 heavy (non-hydrogen) atoms. The number of aromatic amines is 1. The fraction of sp³-hybridized carbons (Fsp3) is 0.0476. The fourth-order valence-electron chi connectivity index (χ4n) is 3.04. The molecule has 0 radical (unpaired) electrons. The zero-order valence-corrected chi connectivity index (χ0v) is 14.9. The van der Waals surface area contributed by atoms with Crippen LogP contribution in [0.25, 0.3) is 10.9 Å². The number of halogens is 1. The summed E-state index contributed by atoms with van der Waals surface area (Å²) in [4.78, 5) is 19.2. The molecule has 0 atom stereocenters. The highest BCUT2D eigenvalue weighted by Gasteiger charge is 2.11. The zero-order valence-electron chi connectivity index (χ0n) is 14.9. The number of fused-ring (bicyclic) bond motifs is 1. The van der Waals surface area contributed by atoms with E-state index in [9.17, 15) is 9.18 Å². The van der Waals surface area contributed by atoms with Gasteiger partial charge in [-0.3, -0.25) is 4.79 Å². The highest BCUT2D eigenvalue weighted by atomic mass is 19.1. The number of H-pyrrole nitrogens is 1. The Morgan fingerprint density at radius 3 is 2.75 bits per heavy atom. The number of nitrogens with one attached hydrogen (secondary N) is 3. The summed E-state index contributed by atoms with van der Waals surface area (Å²) in [5.74, 6) is -0.369. The molecule has 4 aromatic rings. The van der Waals surface area contributed by atoms with Gasteiger partial charge in [0, 0.05) is 41.6 Å². The van der Waals surface area contributed by atoms with Gasteiger partial charge >= 0.3 is 0 Å². The molecule has 5 N–H and O–H groups in total. The number of nitrogens with zero attached hydrogens (tertiary/aromatic N) is 1. The summed E-state index contributed by atoms with van der Waals surface area (Å²) in [6.45, 7) is 0.509. The third-order valence-electron chi connectivity index (χ3n) is 4.44. The predicted molar refractivity (Wildman–Crippen MR) is 108 cm³/mol. The Kier molecular flexibility index (Phi) is 4.63. The maximum atomic E-state index is 13.1. The zero-order chi connectivity index (χ0) is 19.5. The summed E-state index contributed by atoms with van der Waals surface area (Å²) < 4.78 is 13.1. The number of pyridine rings is 1. The minimum atomic E-state index is -0.566. The largest absolute Gasteiger partial charge is 0.380 e. The van der Waals surface area contributed by atoms with E-state index < -0.39 is 5.91 Å². The van der Waals surface area contributed by atoms with Crippen molar-refractivity contribution in [2.45, 2.75) is 6.54 Å². The smallest absolute Gasteiger partial charge is 0.252 e. The van der Waals surface area contributed by atoms with Gasteiger partial charge in [-0.05, 0) is 42.0 Å². The number of rotatable bonds is 6. The molecule has 140 valence electrons. The van der Waals surface area contributed by atoms with Crippen LogP contribution in [0.3, 0.4) is 0 Å². The van der Waals surface area contributed by atoms with Crippen molar-refractivity contribution in [3.05, 3.63) is 83.9 Å². The van der Waals surface area contributed by atoms with E-state index in [0.29, 0.717) is 29.3 Å². The van der Waals surface area contributed by atoms with Gasteiger partial charge in [0.2, 0.25) is 0 Å². The number of nitrogens with two attached hydrogens (primary N) is 1. The Morgan fingerprint density at radius 2 is 1.96 bits per heavy atom. The highest BCUT2D eigenvalue weighted by molar-refractivity contribution is 5.98. The summed E-state index contributed by atoms with van der Waals surface area (Å²) in [5, 5.41) is 7.47. The molecule has 0 aliphatic carbocycles. The van der Waals surface area contributed by atoms with Gasteiger partial charge in [-0.2, -0.15) is 0 Å². The summed E-state index contributed by atoms with van der Waals surface area (Å²) in [5.41, 5.74) is 9.17. The van der Waals surface area contributed by atoms with Crippen LogP contribution in [-0.2, 0) is 6.54 Å². The van der Waals surface area contributed by atoms with Gasteiger partial charge < -0.3 is 21.4 Å². The van der Waals surface area contributed by atoms with Crippen LogP contribution >= 0.6 is 0 Å². The van der Waals surface area contributed by atoms with Gasteiger partial charge in [0.05, 0.1) is 11.3 Å². The number of amides is 1. The summed E-state index contributed by atoms with van der Waals surface area (Å²) in [6, 6.07) is 15.6. The molecule has 2 heterocycles.